The first-order valence-corrected chi connectivity index (χ1v) is 7.53. The number of hydrogen-bond acceptors (Lipinski definition) is 4. The van der Waals surface area contributed by atoms with E-state index >= 15 is 0 Å². The Morgan fingerprint density at radius 1 is 1.24 bits per heavy atom. The highest BCUT2D eigenvalue weighted by Gasteiger charge is 2.27. The summed E-state index contributed by atoms with van der Waals surface area (Å²) >= 11 is 0. The maximum Gasteiger partial charge on any atom is 0.335 e. The molecule has 7 nitrogen and oxygen atoms in total. The normalized spacial score (nSPS) is 11.4. The van der Waals surface area contributed by atoms with E-state index in [0.717, 1.165) is 4.31 Å². The molecule has 2 rings (SSSR count). The molecule has 8 heteroatoms. The lowest BCUT2D eigenvalue weighted by Gasteiger charge is -2.19. The largest absolute Gasteiger partial charge is 0.478 e. The third kappa shape index (κ3) is 2.62. The summed E-state index contributed by atoms with van der Waals surface area (Å²) in [5.41, 5.74) is 1.32. The van der Waals surface area contributed by atoms with Gasteiger partial charge in [0.15, 0.2) is 0 Å². The Balaban J connectivity index is 2.43. The number of hydrogen-bond donors (Lipinski definition) is 2. The minimum absolute atomic E-state index is 0.0974. The highest BCUT2D eigenvalue weighted by atomic mass is 32.2. The van der Waals surface area contributed by atoms with Crippen molar-refractivity contribution >= 4 is 21.7 Å². The summed E-state index contributed by atoms with van der Waals surface area (Å²) in [6, 6.07) is 5.62. The molecule has 0 aliphatic heterocycles. The summed E-state index contributed by atoms with van der Waals surface area (Å²) in [5, 5.41) is 15.4. The summed E-state index contributed by atoms with van der Waals surface area (Å²) in [6.07, 6.45) is 0. The fraction of sp³-hybridized carbons (Fsp3) is 0.231. The predicted molar refractivity (Wildman–Crippen MR) is 77.1 cm³/mol. The Hall–Kier alpha value is -2.35. The molecule has 1 heterocycles. The second-order valence-corrected chi connectivity index (χ2v) is 6.49. The molecule has 0 atom stereocenters. The van der Waals surface area contributed by atoms with Gasteiger partial charge in [0.05, 0.1) is 22.6 Å². The molecule has 0 unspecified atom stereocenters. The second kappa shape index (κ2) is 5.21. The lowest BCUT2D eigenvalue weighted by atomic mass is 10.2. The lowest BCUT2D eigenvalue weighted by Crippen LogP contribution is -2.27. The van der Waals surface area contributed by atoms with Crippen molar-refractivity contribution < 1.29 is 18.3 Å². The van der Waals surface area contributed by atoms with Crippen LogP contribution >= 0.6 is 0 Å². The van der Waals surface area contributed by atoms with E-state index in [2.05, 4.69) is 10.2 Å². The lowest BCUT2D eigenvalue weighted by molar-refractivity contribution is 0.0697. The number of aromatic carboxylic acids is 1. The smallest absolute Gasteiger partial charge is 0.335 e. The zero-order valence-electron chi connectivity index (χ0n) is 11.8. The first kappa shape index (κ1) is 15.0. The Bertz CT molecular complexity index is 759. The number of H-pyrrole nitrogens is 1. The molecule has 21 heavy (non-hydrogen) atoms. The van der Waals surface area contributed by atoms with E-state index in [1.54, 1.807) is 13.8 Å². The predicted octanol–water partition coefficient (Wildman–Crippen LogP) is 1.55. The number of benzene rings is 1. The van der Waals surface area contributed by atoms with Crippen molar-refractivity contribution in [2.75, 3.05) is 11.4 Å². The van der Waals surface area contributed by atoms with Crippen LogP contribution in [0.25, 0.3) is 0 Å². The van der Waals surface area contributed by atoms with Crippen molar-refractivity contribution in [3.63, 3.8) is 0 Å². The van der Waals surface area contributed by atoms with E-state index in [1.165, 1.54) is 31.3 Å². The van der Waals surface area contributed by atoms with Crippen molar-refractivity contribution in [2.45, 2.75) is 18.7 Å². The zero-order valence-corrected chi connectivity index (χ0v) is 12.6. The van der Waals surface area contributed by atoms with Crippen LogP contribution in [0.4, 0.5) is 5.69 Å². The molecule has 0 spiro atoms. The molecule has 0 radical (unpaired) electrons. The molecule has 1 aromatic carbocycles. The molecular formula is C13H15N3O4S. The van der Waals surface area contributed by atoms with Crippen LogP contribution in [0.15, 0.2) is 29.2 Å². The molecule has 0 saturated heterocycles. The molecule has 1 aromatic heterocycles. The Morgan fingerprint density at radius 3 is 2.24 bits per heavy atom. The topological polar surface area (TPSA) is 103 Å². The Kier molecular flexibility index (Phi) is 3.73. The van der Waals surface area contributed by atoms with Gasteiger partial charge in [0.1, 0.15) is 4.90 Å². The van der Waals surface area contributed by atoms with Gasteiger partial charge in [0.2, 0.25) is 0 Å². The number of rotatable bonds is 4. The number of carboxylic acid groups (broad SMARTS) is 1. The van der Waals surface area contributed by atoms with E-state index < -0.39 is 16.0 Å². The van der Waals surface area contributed by atoms with Gasteiger partial charge in [-0.05, 0) is 38.1 Å². The average molecular weight is 309 g/mol. The summed E-state index contributed by atoms with van der Waals surface area (Å²) in [5.74, 6) is -1.06. The summed E-state index contributed by atoms with van der Waals surface area (Å²) in [7, 11) is -2.34. The molecule has 112 valence electrons. The van der Waals surface area contributed by atoms with Crippen molar-refractivity contribution in [1.29, 1.82) is 0 Å². The Morgan fingerprint density at radius 2 is 1.81 bits per heavy atom. The van der Waals surface area contributed by atoms with Crippen molar-refractivity contribution in [3.05, 3.63) is 41.2 Å². The van der Waals surface area contributed by atoms with Crippen LogP contribution in [-0.2, 0) is 10.0 Å². The van der Waals surface area contributed by atoms with Crippen LogP contribution in [0.1, 0.15) is 21.7 Å². The first-order chi connectivity index (χ1) is 9.75. The van der Waals surface area contributed by atoms with Gasteiger partial charge in [-0.25, -0.2) is 13.2 Å². The zero-order chi connectivity index (χ0) is 15.8. The fourth-order valence-corrected chi connectivity index (χ4v) is 3.54. The quantitative estimate of drug-likeness (QED) is 0.892. The van der Waals surface area contributed by atoms with Gasteiger partial charge in [-0.1, -0.05) is 0 Å². The average Bonchev–Trinajstić information content (AvgIpc) is 2.78. The van der Waals surface area contributed by atoms with E-state index in [9.17, 15) is 13.2 Å². The van der Waals surface area contributed by atoms with Crippen molar-refractivity contribution in [1.82, 2.24) is 10.2 Å². The number of sulfonamides is 1. The van der Waals surface area contributed by atoms with E-state index in [1.807, 2.05) is 0 Å². The van der Waals surface area contributed by atoms with Gasteiger partial charge in [-0.2, -0.15) is 5.10 Å². The van der Waals surface area contributed by atoms with E-state index in [0.29, 0.717) is 17.1 Å². The molecule has 0 fully saturated rings. The molecule has 0 amide bonds. The third-order valence-corrected chi connectivity index (χ3v) is 5.21. The van der Waals surface area contributed by atoms with Gasteiger partial charge in [0.25, 0.3) is 10.0 Å². The minimum atomic E-state index is -3.75. The first-order valence-electron chi connectivity index (χ1n) is 6.09. The number of aromatic nitrogens is 2. The summed E-state index contributed by atoms with van der Waals surface area (Å²) in [6.45, 7) is 3.24. The number of anilines is 1. The maximum atomic E-state index is 12.6. The van der Waals surface area contributed by atoms with Crippen molar-refractivity contribution in [2.24, 2.45) is 0 Å². The van der Waals surface area contributed by atoms with Crippen LogP contribution in [0, 0.1) is 13.8 Å². The van der Waals surface area contributed by atoms with E-state index in [4.69, 9.17) is 5.11 Å². The van der Waals surface area contributed by atoms with Crippen LogP contribution in [0.2, 0.25) is 0 Å². The van der Waals surface area contributed by atoms with Gasteiger partial charge in [0, 0.05) is 7.05 Å². The van der Waals surface area contributed by atoms with Crippen LogP contribution in [-0.4, -0.2) is 36.7 Å². The second-order valence-electron chi connectivity index (χ2n) is 4.59. The van der Waals surface area contributed by atoms with Crippen LogP contribution < -0.4 is 4.31 Å². The van der Waals surface area contributed by atoms with Gasteiger partial charge >= 0.3 is 5.97 Å². The summed E-state index contributed by atoms with van der Waals surface area (Å²) in [4.78, 5) is 10.9. The minimum Gasteiger partial charge on any atom is -0.478 e. The Labute approximate surface area is 122 Å². The van der Waals surface area contributed by atoms with Gasteiger partial charge in [-0.3, -0.25) is 9.40 Å². The number of aromatic amines is 1. The number of carbonyl (C=O) groups is 1. The monoisotopic (exact) mass is 309 g/mol. The number of aryl methyl sites for hydroxylation is 2. The number of nitrogens with one attached hydrogen (secondary N) is 1. The standard InChI is InChI=1S/C13H15N3O4S/c1-8-12(9(2)15-14-8)21(19,20)16(3)11-6-4-10(5-7-11)13(17)18/h4-7H,1-3H3,(H,14,15)(H,17,18). The van der Waals surface area contributed by atoms with E-state index in [-0.39, 0.29) is 10.5 Å². The number of carboxylic acids is 1. The molecule has 0 aliphatic carbocycles. The molecule has 2 aromatic rings. The maximum absolute atomic E-state index is 12.6. The van der Waals surface area contributed by atoms with Gasteiger partial charge < -0.3 is 5.11 Å². The molecule has 2 N–H and O–H groups in total. The molecule has 0 bridgehead atoms. The van der Waals surface area contributed by atoms with Gasteiger partial charge in [-0.15, -0.1) is 0 Å². The third-order valence-electron chi connectivity index (χ3n) is 3.16. The van der Waals surface area contributed by atoms with Crippen molar-refractivity contribution in [3.8, 4) is 0 Å². The molecule has 0 saturated carbocycles. The summed E-state index contributed by atoms with van der Waals surface area (Å²) < 4.78 is 26.3. The van der Waals surface area contributed by atoms with Crippen LogP contribution in [0.3, 0.4) is 0 Å². The molecule has 0 aliphatic rings. The highest BCUT2D eigenvalue weighted by Crippen LogP contribution is 2.25. The highest BCUT2D eigenvalue weighted by molar-refractivity contribution is 7.92. The SMILES string of the molecule is Cc1n[nH]c(C)c1S(=O)(=O)N(C)c1ccc(C(=O)O)cc1. The molecular weight excluding hydrogens is 294 g/mol. The van der Waals surface area contributed by atoms with Crippen LogP contribution in [0.5, 0.6) is 0 Å². The number of nitrogens with zero attached hydrogens (tertiary/aromatic N) is 2. The fourth-order valence-electron chi connectivity index (χ4n) is 2.01.